The van der Waals surface area contributed by atoms with Gasteiger partial charge in [-0.25, -0.2) is 9.97 Å². The van der Waals surface area contributed by atoms with E-state index in [9.17, 15) is 9.59 Å². The van der Waals surface area contributed by atoms with Gasteiger partial charge in [-0.05, 0) is 31.4 Å². The summed E-state index contributed by atoms with van der Waals surface area (Å²) in [6, 6.07) is 5.46. The molecule has 1 amide bonds. The van der Waals surface area contributed by atoms with Crippen molar-refractivity contribution in [2.75, 3.05) is 50.7 Å². The number of piperazine rings is 1. The van der Waals surface area contributed by atoms with Gasteiger partial charge in [0.05, 0.1) is 6.54 Å². The number of aryl methyl sites for hydroxylation is 1. The standard InChI is InChI=1S/C23H32N6O2/c1-2-19-15-21(30)26-23(25-19)18-7-8-20(24-16-18)28-13-11-27(12-14-28)17-22(31)29-9-5-3-4-6-10-29/h7-8,15-16H,2-6,9-14,17H2,1H3,(H,25,26,30). The van der Waals surface area contributed by atoms with E-state index in [-0.39, 0.29) is 11.5 Å². The smallest absolute Gasteiger partial charge is 0.251 e. The molecule has 2 aromatic heterocycles. The molecule has 0 aliphatic carbocycles. The SMILES string of the molecule is CCc1cc(=O)[nH]c(-c2ccc(N3CCN(CC(=O)N4CCCCCC4)CC3)nc2)n1. The van der Waals surface area contributed by atoms with Crippen molar-refractivity contribution in [3.63, 3.8) is 0 Å². The van der Waals surface area contributed by atoms with Crippen molar-refractivity contribution < 1.29 is 4.79 Å². The minimum Gasteiger partial charge on any atom is -0.354 e. The van der Waals surface area contributed by atoms with Crippen LogP contribution < -0.4 is 10.5 Å². The third-order valence-corrected chi connectivity index (χ3v) is 6.19. The number of aromatic nitrogens is 3. The van der Waals surface area contributed by atoms with E-state index in [0.29, 0.717) is 18.8 Å². The molecule has 2 aliphatic rings. The fourth-order valence-corrected chi connectivity index (χ4v) is 4.29. The number of likely N-dealkylation sites (tertiary alicyclic amines) is 1. The van der Waals surface area contributed by atoms with Gasteiger partial charge in [-0.1, -0.05) is 19.8 Å². The second-order valence-corrected chi connectivity index (χ2v) is 8.40. The van der Waals surface area contributed by atoms with Crippen molar-refractivity contribution in [3.8, 4) is 11.4 Å². The van der Waals surface area contributed by atoms with Crippen LogP contribution in [0.1, 0.15) is 38.3 Å². The quantitative estimate of drug-likeness (QED) is 0.789. The molecule has 2 aromatic rings. The molecule has 31 heavy (non-hydrogen) atoms. The summed E-state index contributed by atoms with van der Waals surface area (Å²) < 4.78 is 0. The third kappa shape index (κ3) is 5.50. The van der Waals surface area contributed by atoms with Gasteiger partial charge in [0.2, 0.25) is 5.91 Å². The first-order valence-corrected chi connectivity index (χ1v) is 11.4. The molecule has 0 radical (unpaired) electrons. The van der Waals surface area contributed by atoms with Crippen molar-refractivity contribution in [3.05, 3.63) is 40.4 Å². The van der Waals surface area contributed by atoms with Crippen LogP contribution in [0, 0.1) is 0 Å². The van der Waals surface area contributed by atoms with E-state index in [1.54, 1.807) is 6.20 Å². The summed E-state index contributed by atoms with van der Waals surface area (Å²) in [7, 11) is 0. The van der Waals surface area contributed by atoms with Gasteiger partial charge in [-0.15, -0.1) is 0 Å². The molecule has 8 heteroatoms. The van der Waals surface area contributed by atoms with Crippen LogP contribution in [0.25, 0.3) is 11.4 Å². The number of hydrogen-bond acceptors (Lipinski definition) is 6. The highest BCUT2D eigenvalue weighted by Crippen LogP contribution is 2.19. The molecule has 0 unspecified atom stereocenters. The fourth-order valence-electron chi connectivity index (χ4n) is 4.29. The predicted octanol–water partition coefficient (Wildman–Crippen LogP) is 1.92. The van der Waals surface area contributed by atoms with Crippen LogP contribution in [0.5, 0.6) is 0 Å². The molecule has 0 saturated carbocycles. The Morgan fingerprint density at radius 1 is 1.03 bits per heavy atom. The van der Waals surface area contributed by atoms with E-state index in [1.165, 1.54) is 18.9 Å². The molecule has 2 fully saturated rings. The van der Waals surface area contributed by atoms with Gasteiger partial charge in [0, 0.05) is 62.8 Å². The lowest BCUT2D eigenvalue weighted by Crippen LogP contribution is -2.50. The van der Waals surface area contributed by atoms with Crippen LogP contribution in [-0.2, 0) is 11.2 Å². The zero-order valence-electron chi connectivity index (χ0n) is 18.3. The lowest BCUT2D eigenvalue weighted by molar-refractivity contribution is -0.132. The Bertz CT molecular complexity index is 926. The molecule has 4 heterocycles. The molecule has 8 nitrogen and oxygen atoms in total. The number of nitrogens with zero attached hydrogens (tertiary/aromatic N) is 5. The monoisotopic (exact) mass is 424 g/mol. The van der Waals surface area contributed by atoms with Crippen LogP contribution in [0.3, 0.4) is 0 Å². The second-order valence-electron chi connectivity index (χ2n) is 8.40. The van der Waals surface area contributed by atoms with E-state index >= 15 is 0 Å². The Morgan fingerprint density at radius 3 is 2.42 bits per heavy atom. The Kier molecular flexibility index (Phi) is 6.96. The van der Waals surface area contributed by atoms with Crippen LogP contribution in [0.4, 0.5) is 5.82 Å². The first kappa shape index (κ1) is 21.5. The normalized spacial score (nSPS) is 18.1. The maximum atomic E-state index is 12.6. The topological polar surface area (TPSA) is 85.4 Å². The molecule has 166 valence electrons. The predicted molar refractivity (Wildman–Crippen MR) is 121 cm³/mol. The molecular formula is C23H32N6O2. The van der Waals surface area contributed by atoms with Gasteiger partial charge in [0.25, 0.3) is 5.56 Å². The van der Waals surface area contributed by atoms with E-state index in [0.717, 1.165) is 69.2 Å². The highest BCUT2D eigenvalue weighted by atomic mass is 16.2. The first-order chi connectivity index (χ1) is 15.1. The minimum atomic E-state index is -0.142. The van der Waals surface area contributed by atoms with Crippen molar-refractivity contribution in [2.45, 2.75) is 39.0 Å². The summed E-state index contributed by atoms with van der Waals surface area (Å²) >= 11 is 0. The Hall–Kier alpha value is -2.74. The number of H-pyrrole nitrogens is 1. The number of carbonyl (C=O) groups excluding carboxylic acids is 1. The molecule has 0 atom stereocenters. The molecule has 0 spiro atoms. The second kappa shape index (κ2) is 10.0. The van der Waals surface area contributed by atoms with E-state index in [1.807, 2.05) is 24.0 Å². The van der Waals surface area contributed by atoms with Gasteiger partial charge in [-0.3, -0.25) is 14.5 Å². The van der Waals surface area contributed by atoms with Crippen molar-refractivity contribution in [2.24, 2.45) is 0 Å². The number of hydrogen-bond donors (Lipinski definition) is 1. The fraction of sp³-hybridized carbons (Fsp3) is 0.565. The minimum absolute atomic E-state index is 0.142. The molecule has 0 bridgehead atoms. The van der Waals surface area contributed by atoms with E-state index < -0.39 is 0 Å². The highest BCUT2D eigenvalue weighted by Gasteiger charge is 2.23. The van der Waals surface area contributed by atoms with Crippen LogP contribution >= 0.6 is 0 Å². The number of amides is 1. The van der Waals surface area contributed by atoms with Gasteiger partial charge in [-0.2, -0.15) is 0 Å². The van der Waals surface area contributed by atoms with Crippen molar-refractivity contribution >= 4 is 11.7 Å². The summed E-state index contributed by atoms with van der Waals surface area (Å²) in [5.41, 5.74) is 1.43. The zero-order valence-corrected chi connectivity index (χ0v) is 18.3. The lowest BCUT2D eigenvalue weighted by atomic mass is 10.2. The van der Waals surface area contributed by atoms with Crippen molar-refractivity contribution in [1.82, 2.24) is 24.8 Å². The molecule has 4 rings (SSSR count). The zero-order chi connectivity index (χ0) is 21.6. The maximum absolute atomic E-state index is 12.6. The summed E-state index contributed by atoms with van der Waals surface area (Å²) in [6.45, 7) is 7.74. The lowest BCUT2D eigenvalue weighted by Gasteiger charge is -2.36. The molecule has 1 N–H and O–H groups in total. The van der Waals surface area contributed by atoms with Gasteiger partial charge < -0.3 is 14.8 Å². The number of nitrogens with one attached hydrogen (secondary N) is 1. The first-order valence-electron chi connectivity index (χ1n) is 11.4. The van der Waals surface area contributed by atoms with Crippen LogP contribution in [-0.4, -0.2) is 76.5 Å². The average molecular weight is 425 g/mol. The van der Waals surface area contributed by atoms with Gasteiger partial charge in [0.15, 0.2) is 0 Å². The number of rotatable bonds is 5. The van der Waals surface area contributed by atoms with Gasteiger partial charge in [0.1, 0.15) is 11.6 Å². The summed E-state index contributed by atoms with van der Waals surface area (Å²) in [4.78, 5) is 42.9. The highest BCUT2D eigenvalue weighted by molar-refractivity contribution is 5.78. The third-order valence-electron chi connectivity index (χ3n) is 6.19. The summed E-state index contributed by atoms with van der Waals surface area (Å²) in [6.07, 6.45) is 7.23. The Balaban J connectivity index is 1.32. The molecular weight excluding hydrogens is 392 g/mol. The Morgan fingerprint density at radius 2 is 1.77 bits per heavy atom. The van der Waals surface area contributed by atoms with Crippen LogP contribution in [0.2, 0.25) is 0 Å². The van der Waals surface area contributed by atoms with Gasteiger partial charge >= 0.3 is 0 Å². The largest absolute Gasteiger partial charge is 0.354 e. The summed E-state index contributed by atoms with van der Waals surface area (Å²) in [5, 5.41) is 0. The summed E-state index contributed by atoms with van der Waals surface area (Å²) in [5.74, 6) is 1.74. The van der Waals surface area contributed by atoms with E-state index in [2.05, 4.69) is 24.8 Å². The average Bonchev–Trinajstić information content (AvgIpc) is 3.09. The van der Waals surface area contributed by atoms with E-state index in [4.69, 9.17) is 0 Å². The number of aromatic amines is 1. The number of pyridine rings is 1. The maximum Gasteiger partial charge on any atom is 0.251 e. The van der Waals surface area contributed by atoms with Crippen molar-refractivity contribution in [1.29, 1.82) is 0 Å². The van der Waals surface area contributed by atoms with Crippen LogP contribution in [0.15, 0.2) is 29.2 Å². The molecule has 2 saturated heterocycles. The number of anilines is 1. The number of carbonyl (C=O) groups is 1. The molecule has 2 aliphatic heterocycles. The molecule has 0 aromatic carbocycles. The Labute approximate surface area is 183 Å².